The van der Waals surface area contributed by atoms with Crippen molar-refractivity contribution in [3.8, 4) is 0 Å². The standard InChI is InChI=1S/C11H16N2O3/c14-10(15)7-9(11-12-3-4-13-11)8-1-5-16-6-2-8/h3-4,8-9H,1-2,5-7H2,(H,12,13)(H,14,15). The first-order valence-electron chi connectivity index (χ1n) is 5.56. The average molecular weight is 224 g/mol. The molecule has 1 saturated heterocycles. The number of aliphatic carboxylic acids is 1. The second kappa shape index (κ2) is 5.12. The summed E-state index contributed by atoms with van der Waals surface area (Å²) in [5.74, 6) is 0.356. The Morgan fingerprint density at radius 2 is 2.38 bits per heavy atom. The van der Waals surface area contributed by atoms with Gasteiger partial charge in [0.2, 0.25) is 0 Å². The Balaban J connectivity index is 2.10. The van der Waals surface area contributed by atoms with Crippen molar-refractivity contribution in [2.45, 2.75) is 25.2 Å². The number of aromatic nitrogens is 2. The lowest BCUT2D eigenvalue weighted by atomic mass is 9.83. The monoisotopic (exact) mass is 224 g/mol. The van der Waals surface area contributed by atoms with Crippen LogP contribution in [0.1, 0.15) is 31.0 Å². The van der Waals surface area contributed by atoms with Crippen LogP contribution in [-0.4, -0.2) is 34.3 Å². The summed E-state index contributed by atoms with van der Waals surface area (Å²) in [5, 5.41) is 8.94. The molecule has 1 fully saturated rings. The first kappa shape index (κ1) is 11.1. The smallest absolute Gasteiger partial charge is 0.304 e. The van der Waals surface area contributed by atoms with E-state index in [0.717, 1.165) is 31.9 Å². The van der Waals surface area contributed by atoms with Gasteiger partial charge in [-0.3, -0.25) is 4.79 Å². The van der Waals surface area contributed by atoms with E-state index < -0.39 is 5.97 Å². The number of carboxylic acids is 1. The third-order valence-electron chi connectivity index (χ3n) is 3.10. The molecular formula is C11H16N2O3. The third kappa shape index (κ3) is 2.61. The number of ether oxygens (including phenoxy) is 1. The molecule has 0 amide bonds. The summed E-state index contributed by atoms with van der Waals surface area (Å²) in [6.45, 7) is 1.45. The normalized spacial score (nSPS) is 19.5. The van der Waals surface area contributed by atoms with E-state index in [1.54, 1.807) is 12.4 Å². The maximum absolute atomic E-state index is 10.9. The maximum Gasteiger partial charge on any atom is 0.304 e. The van der Waals surface area contributed by atoms with Crippen LogP contribution in [0.25, 0.3) is 0 Å². The molecule has 5 nitrogen and oxygen atoms in total. The van der Waals surface area contributed by atoms with E-state index in [1.165, 1.54) is 0 Å². The van der Waals surface area contributed by atoms with Gasteiger partial charge in [0.1, 0.15) is 5.82 Å². The number of carbonyl (C=O) groups is 1. The number of carboxylic acid groups (broad SMARTS) is 1. The van der Waals surface area contributed by atoms with Crippen molar-refractivity contribution in [1.29, 1.82) is 0 Å². The van der Waals surface area contributed by atoms with Gasteiger partial charge in [0.05, 0.1) is 6.42 Å². The fraction of sp³-hybridized carbons (Fsp3) is 0.636. The number of nitrogens with one attached hydrogen (secondary N) is 1. The maximum atomic E-state index is 10.9. The van der Waals surface area contributed by atoms with Crippen molar-refractivity contribution >= 4 is 5.97 Å². The van der Waals surface area contributed by atoms with Crippen LogP contribution >= 0.6 is 0 Å². The molecule has 2 rings (SSSR count). The number of hydrogen-bond acceptors (Lipinski definition) is 3. The summed E-state index contributed by atoms with van der Waals surface area (Å²) in [7, 11) is 0. The van der Waals surface area contributed by atoms with Crippen molar-refractivity contribution in [2.24, 2.45) is 5.92 Å². The van der Waals surface area contributed by atoms with Crippen LogP contribution in [-0.2, 0) is 9.53 Å². The molecule has 0 spiro atoms. The summed E-state index contributed by atoms with van der Waals surface area (Å²) < 4.78 is 5.29. The topological polar surface area (TPSA) is 75.2 Å². The predicted octanol–water partition coefficient (Wildman–Crippen LogP) is 1.39. The van der Waals surface area contributed by atoms with Crippen LogP contribution in [0.3, 0.4) is 0 Å². The van der Waals surface area contributed by atoms with E-state index in [-0.39, 0.29) is 12.3 Å². The second-order valence-electron chi connectivity index (χ2n) is 4.13. The van der Waals surface area contributed by atoms with Crippen molar-refractivity contribution < 1.29 is 14.6 Å². The number of aromatic amines is 1. The number of H-pyrrole nitrogens is 1. The van der Waals surface area contributed by atoms with Crippen molar-refractivity contribution in [1.82, 2.24) is 9.97 Å². The molecule has 1 atom stereocenters. The lowest BCUT2D eigenvalue weighted by molar-refractivity contribution is -0.138. The lowest BCUT2D eigenvalue weighted by Gasteiger charge is -2.28. The second-order valence-corrected chi connectivity index (χ2v) is 4.13. The minimum absolute atomic E-state index is 0.0172. The summed E-state index contributed by atoms with van der Waals surface area (Å²) in [4.78, 5) is 18.1. The Hall–Kier alpha value is -1.36. The molecule has 1 aliphatic rings. The SMILES string of the molecule is O=C(O)CC(c1ncc[nH]1)C1CCOCC1. The van der Waals surface area contributed by atoms with Gasteiger partial charge in [-0.2, -0.15) is 0 Å². The van der Waals surface area contributed by atoms with Crippen LogP contribution < -0.4 is 0 Å². The molecule has 2 heterocycles. The zero-order chi connectivity index (χ0) is 11.4. The van der Waals surface area contributed by atoms with Crippen molar-refractivity contribution in [3.63, 3.8) is 0 Å². The number of rotatable bonds is 4. The summed E-state index contributed by atoms with van der Waals surface area (Å²) >= 11 is 0. The van der Waals surface area contributed by atoms with Gasteiger partial charge >= 0.3 is 5.97 Å². The minimum atomic E-state index is -0.770. The zero-order valence-corrected chi connectivity index (χ0v) is 9.06. The van der Waals surface area contributed by atoms with Gasteiger partial charge in [0, 0.05) is 31.5 Å². The summed E-state index contributed by atoms with van der Waals surface area (Å²) in [6.07, 6.45) is 5.38. The number of imidazole rings is 1. The van der Waals surface area contributed by atoms with Crippen molar-refractivity contribution in [2.75, 3.05) is 13.2 Å². The van der Waals surface area contributed by atoms with Crippen molar-refractivity contribution in [3.05, 3.63) is 18.2 Å². The largest absolute Gasteiger partial charge is 0.481 e. The molecule has 16 heavy (non-hydrogen) atoms. The number of hydrogen-bond donors (Lipinski definition) is 2. The Kier molecular flexibility index (Phi) is 3.56. The highest BCUT2D eigenvalue weighted by molar-refractivity contribution is 5.67. The molecular weight excluding hydrogens is 208 g/mol. The third-order valence-corrected chi connectivity index (χ3v) is 3.10. The van der Waals surface area contributed by atoms with Gasteiger partial charge in [-0.1, -0.05) is 0 Å². The quantitative estimate of drug-likeness (QED) is 0.810. The predicted molar refractivity (Wildman–Crippen MR) is 57.1 cm³/mol. The molecule has 1 unspecified atom stereocenters. The molecule has 2 N–H and O–H groups in total. The molecule has 0 aromatic carbocycles. The van der Waals surface area contributed by atoms with E-state index in [4.69, 9.17) is 9.84 Å². The summed E-state index contributed by atoms with van der Waals surface area (Å²) in [6, 6.07) is 0. The molecule has 5 heteroatoms. The van der Waals surface area contributed by atoms with Crippen LogP contribution in [0.15, 0.2) is 12.4 Å². The van der Waals surface area contributed by atoms with Crippen LogP contribution in [0.2, 0.25) is 0 Å². The Morgan fingerprint density at radius 3 is 2.94 bits per heavy atom. The molecule has 0 saturated carbocycles. The lowest BCUT2D eigenvalue weighted by Crippen LogP contribution is -2.24. The highest BCUT2D eigenvalue weighted by Crippen LogP contribution is 2.32. The van der Waals surface area contributed by atoms with Gasteiger partial charge in [0.25, 0.3) is 0 Å². The van der Waals surface area contributed by atoms with E-state index in [2.05, 4.69) is 9.97 Å². The van der Waals surface area contributed by atoms with Gasteiger partial charge in [-0.25, -0.2) is 4.98 Å². The van der Waals surface area contributed by atoms with E-state index >= 15 is 0 Å². The van der Waals surface area contributed by atoms with E-state index in [0.29, 0.717) is 5.92 Å². The number of nitrogens with zero attached hydrogens (tertiary/aromatic N) is 1. The van der Waals surface area contributed by atoms with Gasteiger partial charge in [-0.05, 0) is 18.8 Å². The fourth-order valence-electron chi connectivity index (χ4n) is 2.27. The summed E-state index contributed by atoms with van der Waals surface area (Å²) in [5.41, 5.74) is 0. The zero-order valence-electron chi connectivity index (χ0n) is 9.06. The highest BCUT2D eigenvalue weighted by Gasteiger charge is 2.28. The fourth-order valence-corrected chi connectivity index (χ4v) is 2.27. The minimum Gasteiger partial charge on any atom is -0.481 e. The van der Waals surface area contributed by atoms with Crippen LogP contribution in [0.5, 0.6) is 0 Å². The molecule has 88 valence electrons. The van der Waals surface area contributed by atoms with Gasteiger partial charge in [-0.15, -0.1) is 0 Å². The van der Waals surface area contributed by atoms with Gasteiger partial charge < -0.3 is 14.8 Å². The first-order valence-corrected chi connectivity index (χ1v) is 5.56. The Labute approximate surface area is 93.8 Å². The molecule has 0 bridgehead atoms. The van der Waals surface area contributed by atoms with E-state index in [1.807, 2.05) is 0 Å². The molecule has 0 aliphatic carbocycles. The average Bonchev–Trinajstić information content (AvgIpc) is 2.80. The van der Waals surface area contributed by atoms with Crippen LogP contribution in [0, 0.1) is 5.92 Å². The van der Waals surface area contributed by atoms with Crippen LogP contribution in [0.4, 0.5) is 0 Å². The molecule has 1 aromatic rings. The Morgan fingerprint density at radius 1 is 1.62 bits per heavy atom. The van der Waals surface area contributed by atoms with Gasteiger partial charge in [0.15, 0.2) is 0 Å². The molecule has 1 aliphatic heterocycles. The Bertz CT molecular complexity index is 331. The molecule has 1 aromatic heterocycles. The molecule has 0 radical (unpaired) electrons. The first-order chi connectivity index (χ1) is 7.77. The highest BCUT2D eigenvalue weighted by atomic mass is 16.5. The van der Waals surface area contributed by atoms with E-state index in [9.17, 15) is 4.79 Å².